The second kappa shape index (κ2) is 5.78. The van der Waals surface area contributed by atoms with E-state index < -0.39 is 10.0 Å². The fourth-order valence-corrected chi connectivity index (χ4v) is 4.32. The number of aliphatic hydroxyl groups excluding tert-OH is 1. The van der Waals surface area contributed by atoms with Crippen molar-refractivity contribution in [3.05, 3.63) is 28.0 Å². The van der Waals surface area contributed by atoms with E-state index in [0.717, 1.165) is 0 Å². The maximum atomic E-state index is 12.1. The van der Waals surface area contributed by atoms with Crippen LogP contribution in [0.3, 0.4) is 0 Å². The minimum Gasteiger partial charge on any atom is -0.391 e. The molecule has 0 fully saturated rings. The first-order valence-corrected chi connectivity index (χ1v) is 7.84. The summed E-state index contributed by atoms with van der Waals surface area (Å²) < 4.78 is 31.5. The SMILES string of the molecule is Cc1csc(CO)c1S(=O)(=O)NCCc1ncno1. The number of aliphatic hydroxyl groups is 1. The summed E-state index contributed by atoms with van der Waals surface area (Å²) in [6.07, 6.45) is 1.58. The van der Waals surface area contributed by atoms with Gasteiger partial charge in [-0.05, 0) is 17.9 Å². The molecule has 0 atom stereocenters. The third-order valence-electron chi connectivity index (χ3n) is 2.44. The molecule has 9 heteroatoms. The molecule has 0 aliphatic heterocycles. The number of hydrogen-bond acceptors (Lipinski definition) is 7. The Labute approximate surface area is 114 Å². The molecule has 7 nitrogen and oxygen atoms in total. The van der Waals surface area contributed by atoms with E-state index in [1.165, 1.54) is 17.7 Å². The van der Waals surface area contributed by atoms with Crippen molar-refractivity contribution in [2.75, 3.05) is 6.54 Å². The van der Waals surface area contributed by atoms with Crippen molar-refractivity contribution in [3.8, 4) is 0 Å². The number of thiophene rings is 1. The van der Waals surface area contributed by atoms with Gasteiger partial charge in [-0.25, -0.2) is 13.1 Å². The van der Waals surface area contributed by atoms with E-state index in [4.69, 9.17) is 9.63 Å². The highest BCUT2D eigenvalue weighted by Crippen LogP contribution is 2.26. The number of rotatable bonds is 6. The molecule has 19 heavy (non-hydrogen) atoms. The summed E-state index contributed by atoms with van der Waals surface area (Å²) in [6, 6.07) is 0. The van der Waals surface area contributed by atoms with Gasteiger partial charge in [0.15, 0.2) is 6.33 Å². The zero-order valence-electron chi connectivity index (χ0n) is 10.2. The average molecular weight is 303 g/mol. The second-order valence-corrected chi connectivity index (χ2v) is 6.48. The Bertz CT molecular complexity index is 634. The zero-order valence-corrected chi connectivity index (χ0v) is 11.8. The van der Waals surface area contributed by atoms with Gasteiger partial charge in [0.25, 0.3) is 0 Å². The molecule has 104 valence electrons. The molecule has 2 aromatic rings. The molecule has 0 unspecified atom stereocenters. The first-order chi connectivity index (χ1) is 9.04. The Morgan fingerprint density at radius 2 is 2.32 bits per heavy atom. The van der Waals surface area contributed by atoms with Gasteiger partial charge in [0, 0.05) is 13.0 Å². The highest BCUT2D eigenvalue weighted by Gasteiger charge is 2.22. The predicted molar refractivity (Wildman–Crippen MR) is 68.2 cm³/mol. The van der Waals surface area contributed by atoms with Crippen LogP contribution in [0.1, 0.15) is 16.3 Å². The number of aryl methyl sites for hydroxylation is 1. The summed E-state index contributed by atoms with van der Waals surface area (Å²) in [7, 11) is -3.63. The minimum atomic E-state index is -3.63. The van der Waals surface area contributed by atoms with E-state index in [0.29, 0.717) is 22.8 Å². The largest absolute Gasteiger partial charge is 0.391 e. The lowest BCUT2D eigenvalue weighted by atomic mass is 10.3. The van der Waals surface area contributed by atoms with Gasteiger partial charge in [-0.2, -0.15) is 4.98 Å². The summed E-state index contributed by atoms with van der Waals surface area (Å²) in [5, 5.41) is 14.3. The molecular formula is C10H13N3O4S2. The number of hydrogen-bond donors (Lipinski definition) is 2. The van der Waals surface area contributed by atoms with E-state index in [2.05, 4.69) is 14.9 Å². The van der Waals surface area contributed by atoms with E-state index in [1.54, 1.807) is 12.3 Å². The number of nitrogens with one attached hydrogen (secondary N) is 1. The van der Waals surface area contributed by atoms with Crippen LogP contribution in [-0.2, 0) is 23.1 Å². The topological polar surface area (TPSA) is 105 Å². The van der Waals surface area contributed by atoms with Crippen molar-refractivity contribution in [2.24, 2.45) is 0 Å². The van der Waals surface area contributed by atoms with Crippen molar-refractivity contribution in [2.45, 2.75) is 24.8 Å². The van der Waals surface area contributed by atoms with E-state index in [1.807, 2.05) is 0 Å². The first-order valence-electron chi connectivity index (χ1n) is 5.47. The third kappa shape index (κ3) is 3.18. The molecule has 2 rings (SSSR count). The van der Waals surface area contributed by atoms with Gasteiger partial charge >= 0.3 is 0 Å². The van der Waals surface area contributed by atoms with Gasteiger partial charge in [-0.3, -0.25) is 0 Å². The van der Waals surface area contributed by atoms with Gasteiger partial charge in [0.2, 0.25) is 15.9 Å². The number of sulfonamides is 1. The standard InChI is InChI=1S/C10H13N3O4S2/c1-7-5-18-8(4-14)10(7)19(15,16)13-3-2-9-11-6-12-17-9/h5-6,13-14H,2-4H2,1H3. The molecule has 0 aromatic carbocycles. The molecule has 0 radical (unpaired) electrons. The third-order valence-corrected chi connectivity index (χ3v) is 5.35. The number of nitrogens with zero attached hydrogens (tertiary/aromatic N) is 2. The van der Waals surface area contributed by atoms with Gasteiger partial charge < -0.3 is 9.63 Å². The monoisotopic (exact) mass is 303 g/mol. The highest BCUT2D eigenvalue weighted by atomic mass is 32.2. The van der Waals surface area contributed by atoms with Gasteiger partial charge in [-0.1, -0.05) is 5.16 Å². The van der Waals surface area contributed by atoms with Crippen molar-refractivity contribution in [1.82, 2.24) is 14.9 Å². The van der Waals surface area contributed by atoms with E-state index >= 15 is 0 Å². The molecule has 0 saturated carbocycles. The van der Waals surface area contributed by atoms with Crippen LogP contribution in [0.2, 0.25) is 0 Å². The molecule has 0 saturated heterocycles. The molecule has 0 spiro atoms. The quantitative estimate of drug-likeness (QED) is 0.803. The predicted octanol–water partition coefficient (Wildman–Crippen LogP) is 0.453. The van der Waals surface area contributed by atoms with Crippen LogP contribution < -0.4 is 4.72 Å². The van der Waals surface area contributed by atoms with Crippen LogP contribution in [0.15, 0.2) is 21.1 Å². The van der Waals surface area contributed by atoms with Crippen molar-refractivity contribution in [3.63, 3.8) is 0 Å². The maximum Gasteiger partial charge on any atom is 0.242 e. The smallest absolute Gasteiger partial charge is 0.242 e. The first kappa shape index (κ1) is 14.1. The molecule has 0 amide bonds. The fraction of sp³-hybridized carbons (Fsp3) is 0.400. The highest BCUT2D eigenvalue weighted by molar-refractivity contribution is 7.89. The Hall–Kier alpha value is -1.29. The summed E-state index contributed by atoms with van der Waals surface area (Å²) in [5.41, 5.74) is 0.624. The summed E-state index contributed by atoms with van der Waals surface area (Å²) in [4.78, 5) is 4.39. The molecule has 2 aromatic heterocycles. The van der Waals surface area contributed by atoms with Gasteiger partial charge in [0.1, 0.15) is 4.90 Å². The van der Waals surface area contributed by atoms with Gasteiger partial charge in [0.05, 0.1) is 11.5 Å². The Balaban J connectivity index is 2.07. The minimum absolute atomic E-state index is 0.157. The zero-order chi connectivity index (χ0) is 13.9. The Morgan fingerprint density at radius 3 is 2.95 bits per heavy atom. The second-order valence-electron chi connectivity index (χ2n) is 3.81. The molecule has 0 aliphatic carbocycles. The summed E-state index contributed by atoms with van der Waals surface area (Å²) in [5.74, 6) is 0.368. The normalized spacial score (nSPS) is 11.9. The maximum absolute atomic E-state index is 12.1. The summed E-state index contributed by atoms with van der Waals surface area (Å²) in [6.45, 7) is 1.56. The van der Waals surface area contributed by atoms with E-state index in [9.17, 15) is 8.42 Å². The van der Waals surface area contributed by atoms with Crippen molar-refractivity contribution >= 4 is 21.4 Å². The molecular weight excluding hydrogens is 290 g/mol. The Kier molecular flexibility index (Phi) is 4.30. The van der Waals surface area contributed by atoms with E-state index in [-0.39, 0.29) is 18.0 Å². The van der Waals surface area contributed by atoms with Crippen LogP contribution in [0, 0.1) is 6.92 Å². The van der Waals surface area contributed by atoms with Crippen molar-refractivity contribution < 1.29 is 18.0 Å². The average Bonchev–Trinajstić information content (AvgIpc) is 2.98. The van der Waals surface area contributed by atoms with Crippen LogP contribution in [-0.4, -0.2) is 30.2 Å². The van der Waals surface area contributed by atoms with Crippen LogP contribution >= 0.6 is 11.3 Å². The number of aromatic nitrogens is 2. The van der Waals surface area contributed by atoms with Gasteiger partial charge in [-0.15, -0.1) is 11.3 Å². The van der Waals surface area contributed by atoms with Crippen molar-refractivity contribution in [1.29, 1.82) is 0 Å². The molecule has 0 bridgehead atoms. The fourth-order valence-electron chi connectivity index (χ4n) is 1.63. The van der Waals surface area contributed by atoms with Crippen LogP contribution in [0.25, 0.3) is 0 Å². The summed E-state index contributed by atoms with van der Waals surface area (Å²) >= 11 is 1.22. The Morgan fingerprint density at radius 1 is 1.53 bits per heavy atom. The molecule has 2 N–H and O–H groups in total. The van der Waals surface area contributed by atoms with Crippen LogP contribution in [0.4, 0.5) is 0 Å². The lowest BCUT2D eigenvalue weighted by molar-refractivity contribution is 0.282. The lowest BCUT2D eigenvalue weighted by Gasteiger charge is -2.07. The molecule has 0 aliphatic rings. The molecule has 2 heterocycles. The van der Waals surface area contributed by atoms with Crippen LogP contribution in [0.5, 0.6) is 0 Å². The lowest BCUT2D eigenvalue weighted by Crippen LogP contribution is -2.27.